The minimum atomic E-state index is -0.466. The minimum absolute atomic E-state index is 0.0620. The molecule has 2 aromatic rings. The molecule has 0 saturated carbocycles. The van der Waals surface area contributed by atoms with E-state index in [0.717, 1.165) is 11.1 Å². The second kappa shape index (κ2) is 6.50. The molecule has 2 aliphatic rings. The lowest BCUT2D eigenvalue weighted by atomic mass is 9.96. The molecule has 0 spiro atoms. The van der Waals surface area contributed by atoms with E-state index in [1.54, 1.807) is 17.0 Å². The van der Waals surface area contributed by atoms with Crippen molar-refractivity contribution in [3.63, 3.8) is 0 Å². The van der Waals surface area contributed by atoms with Crippen LogP contribution in [0.5, 0.6) is 0 Å². The van der Waals surface area contributed by atoms with E-state index in [1.807, 2.05) is 43.3 Å². The highest BCUT2D eigenvalue weighted by Gasteiger charge is 2.40. The van der Waals surface area contributed by atoms with Gasteiger partial charge in [-0.1, -0.05) is 53.6 Å². The zero-order valence-electron chi connectivity index (χ0n) is 14.3. The maximum atomic E-state index is 13.0. The Morgan fingerprint density at radius 1 is 1.08 bits per heavy atom. The third-order valence-electron chi connectivity index (χ3n) is 4.72. The van der Waals surface area contributed by atoms with Gasteiger partial charge in [0.25, 0.3) is 5.91 Å². The summed E-state index contributed by atoms with van der Waals surface area (Å²) in [5.74, 6) is -0.0620. The Morgan fingerprint density at radius 3 is 2.46 bits per heavy atom. The molecular formula is C20H18ClN3O2. The molecule has 1 atom stereocenters. The predicted molar refractivity (Wildman–Crippen MR) is 99.5 cm³/mol. The largest absolute Gasteiger partial charge is 0.329 e. The highest BCUT2D eigenvalue weighted by molar-refractivity contribution is 6.30. The van der Waals surface area contributed by atoms with E-state index >= 15 is 0 Å². The van der Waals surface area contributed by atoms with Crippen LogP contribution in [0.3, 0.4) is 0 Å². The number of halogens is 1. The van der Waals surface area contributed by atoms with Gasteiger partial charge in [0.15, 0.2) is 0 Å². The lowest BCUT2D eigenvalue weighted by Gasteiger charge is -2.25. The molecule has 0 unspecified atom stereocenters. The normalized spacial score (nSPS) is 19.3. The van der Waals surface area contributed by atoms with E-state index in [-0.39, 0.29) is 11.9 Å². The van der Waals surface area contributed by atoms with Crippen LogP contribution < -0.4 is 10.6 Å². The average molecular weight is 368 g/mol. The van der Waals surface area contributed by atoms with Crippen LogP contribution in [0.4, 0.5) is 4.79 Å². The van der Waals surface area contributed by atoms with Crippen molar-refractivity contribution in [3.05, 3.63) is 81.5 Å². The van der Waals surface area contributed by atoms with Gasteiger partial charge in [-0.05, 0) is 30.2 Å². The SMILES string of the molecule is Cc1ccc(CN2CC3=C(C2=O)[C@@H](c2ccc(Cl)cc2)NC(=O)N3)cc1. The summed E-state index contributed by atoms with van der Waals surface area (Å²) in [5.41, 5.74) is 4.34. The van der Waals surface area contributed by atoms with E-state index < -0.39 is 6.04 Å². The molecule has 0 aromatic heterocycles. The lowest BCUT2D eigenvalue weighted by Crippen LogP contribution is -2.44. The van der Waals surface area contributed by atoms with Crippen molar-refractivity contribution >= 4 is 23.5 Å². The van der Waals surface area contributed by atoms with Crippen molar-refractivity contribution in [3.8, 4) is 0 Å². The van der Waals surface area contributed by atoms with Gasteiger partial charge in [0, 0.05) is 11.6 Å². The third kappa shape index (κ3) is 3.06. The van der Waals surface area contributed by atoms with E-state index in [1.165, 1.54) is 5.56 Å². The molecule has 2 N–H and O–H groups in total. The van der Waals surface area contributed by atoms with Crippen LogP contribution in [0.2, 0.25) is 5.02 Å². The van der Waals surface area contributed by atoms with Crippen LogP contribution in [0.1, 0.15) is 22.7 Å². The van der Waals surface area contributed by atoms with Crippen molar-refractivity contribution in [1.29, 1.82) is 0 Å². The molecule has 26 heavy (non-hydrogen) atoms. The smallest absolute Gasteiger partial charge is 0.319 e. The summed E-state index contributed by atoms with van der Waals surface area (Å²) in [6.07, 6.45) is 0. The monoisotopic (exact) mass is 367 g/mol. The van der Waals surface area contributed by atoms with Crippen LogP contribution in [0.15, 0.2) is 59.8 Å². The fourth-order valence-electron chi connectivity index (χ4n) is 3.38. The summed E-state index contributed by atoms with van der Waals surface area (Å²) in [4.78, 5) is 26.8. The number of carbonyl (C=O) groups is 2. The molecule has 2 heterocycles. The van der Waals surface area contributed by atoms with Gasteiger partial charge in [0.1, 0.15) is 0 Å². The quantitative estimate of drug-likeness (QED) is 0.874. The van der Waals surface area contributed by atoms with Crippen molar-refractivity contribution in [2.45, 2.75) is 19.5 Å². The Kier molecular flexibility index (Phi) is 4.17. The highest BCUT2D eigenvalue weighted by atomic mass is 35.5. The minimum Gasteiger partial charge on any atom is -0.329 e. The van der Waals surface area contributed by atoms with Crippen molar-refractivity contribution in [1.82, 2.24) is 15.5 Å². The van der Waals surface area contributed by atoms with Crippen LogP contribution in [0, 0.1) is 6.92 Å². The first-order valence-corrected chi connectivity index (χ1v) is 8.80. The Hall–Kier alpha value is -2.79. The molecule has 0 aliphatic carbocycles. The molecular weight excluding hydrogens is 350 g/mol. The van der Waals surface area contributed by atoms with E-state index in [2.05, 4.69) is 10.6 Å². The van der Waals surface area contributed by atoms with E-state index in [4.69, 9.17) is 11.6 Å². The number of rotatable bonds is 3. The van der Waals surface area contributed by atoms with Crippen LogP contribution in [-0.4, -0.2) is 23.4 Å². The number of benzene rings is 2. The van der Waals surface area contributed by atoms with Gasteiger partial charge in [-0.3, -0.25) is 4.79 Å². The Morgan fingerprint density at radius 2 is 1.77 bits per heavy atom. The summed E-state index contributed by atoms with van der Waals surface area (Å²) >= 11 is 5.96. The maximum absolute atomic E-state index is 13.0. The fourth-order valence-corrected chi connectivity index (χ4v) is 3.50. The van der Waals surface area contributed by atoms with E-state index in [9.17, 15) is 9.59 Å². The molecule has 4 rings (SSSR count). The molecule has 132 valence electrons. The number of amides is 3. The van der Waals surface area contributed by atoms with E-state index in [0.29, 0.717) is 29.4 Å². The summed E-state index contributed by atoms with van der Waals surface area (Å²) in [7, 11) is 0. The van der Waals surface area contributed by atoms with Gasteiger partial charge >= 0.3 is 6.03 Å². The molecule has 3 amide bonds. The standard InChI is InChI=1S/C20H18ClN3O2/c1-12-2-4-13(5-3-12)10-24-11-16-17(19(24)25)18(23-20(26)22-16)14-6-8-15(21)9-7-14/h2-9,18H,10-11H2,1H3,(H2,22,23,26)/t18-/m1/s1. The highest BCUT2D eigenvalue weighted by Crippen LogP contribution is 2.33. The Balaban J connectivity index is 1.61. The first-order valence-electron chi connectivity index (χ1n) is 8.42. The first-order chi connectivity index (χ1) is 12.5. The number of carbonyl (C=O) groups excluding carboxylic acids is 2. The number of hydrogen-bond donors (Lipinski definition) is 2. The molecule has 0 saturated heterocycles. The topological polar surface area (TPSA) is 61.4 Å². The molecule has 5 nitrogen and oxygen atoms in total. The van der Waals surface area contributed by atoms with Gasteiger partial charge in [0.05, 0.1) is 23.9 Å². The number of aryl methyl sites for hydroxylation is 1. The lowest BCUT2D eigenvalue weighted by molar-refractivity contribution is -0.126. The number of nitrogens with zero attached hydrogens (tertiary/aromatic N) is 1. The first kappa shape index (κ1) is 16.7. The van der Waals surface area contributed by atoms with Gasteiger partial charge in [-0.25, -0.2) is 4.79 Å². The zero-order chi connectivity index (χ0) is 18.3. The number of nitrogens with one attached hydrogen (secondary N) is 2. The number of hydrogen-bond acceptors (Lipinski definition) is 2. The second-order valence-corrected chi connectivity index (χ2v) is 7.06. The predicted octanol–water partition coefficient (Wildman–Crippen LogP) is 3.30. The summed E-state index contributed by atoms with van der Waals surface area (Å²) in [6, 6.07) is 14.5. The van der Waals surface area contributed by atoms with Crippen LogP contribution >= 0.6 is 11.6 Å². The Labute approximate surface area is 156 Å². The van der Waals surface area contributed by atoms with Gasteiger partial charge < -0.3 is 15.5 Å². The van der Waals surface area contributed by atoms with Gasteiger partial charge in [0.2, 0.25) is 0 Å². The zero-order valence-corrected chi connectivity index (χ0v) is 15.0. The van der Waals surface area contributed by atoms with Crippen molar-refractivity contribution < 1.29 is 9.59 Å². The molecule has 0 fully saturated rings. The second-order valence-electron chi connectivity index (χ2n) is 6.62. The molecule has 2 aromatic carbocycles. The number of urea groups is 1. The summed E-state index contributed by atoms with van der Waals surface area (Å²) in [6.45, 7) is 2.94. The van der Waals surface area contributed by atoms with Gasteiger partial charge in [-0.15, -0.1) is 0 Å². The molecule has 0 radical (unpaired) electrons. The molecule has 6 heteroatoms. The van der Waals surface area contributed by atoms with Crippen molar-refractivity contribution in [2.24, 2.45) is 0 Å². The van der Waals surface area contributed by atoms with Crippen LogP contribution in [-0.2, 0) is 11.3 Å². The summed E-state index contributed by atoms with van der Waals surface area (Å²) < 4.78 is 0. The third-order valence-corrected chi connectivity index (χ3v) is 4.97. The summed E-state index contributed by atoms with van der Waals surface area (Å²) in [5, 5.41) is 6.25. The maximum Gasteiger partial charge on any atom is 0.319 e. The van der Waals surface area contributed by atoms with Crippen LogP contribution in [0.25, 0.3) is 0 Å². The average Bonchev–Trinajstić information content (AvgIpc) is 2.92. The fraction of sp³-hybridized carbons (Fsp3) is 0.200. The Bertz CT molecular complexity index is 904. The van der Waals surface area contributed by atoms with Gasteiger partial charge in [-0.2, -0.15) is 0 Å². The molecule has 0 bridgehead atoms. The molecule has 2 aliphatic heterocycles. The van der Waals surface area contributed by atoms with Crippen molar-refractivity contribution in [2.75, 3.05) is 6.54 Å².